The van der Waals surface area contributed by atoms with Crippen molar-refractivity contribution >= 4 is 17.3 Å². The second-order valence-electron chi connectivity index (χ2n) is 5.34. The van der Waals surface area contributed by atoms with E-state index in [1.165, 1.54) is 0 Å². The van der Waals surface area contributed by atoms with Crippen molar-refractivity contribution in [2.45, 2.75) is 33.2 Å². The Morgan fingerprint density at radius 2 is 2.19 bits per heavy atom. The van der Waals surface area contributed by atoms with Gasteiger partial charge in [-0.05, 0) is 44.0 Å². The van der Waals surface area contributed by atoms with Crippen LogP contribution in [0.4, 0.5) is 11.4 Å². The number of anilines is 2. The molecular weight excluding hydrogens is 266 g/mol. The van der Waals surface area contributed by atoms with Gasteiger partial charge in [-0.25, -0.2) is 0 Å². The highest BCUT2D eigenvalue weighted by Gasteiger charge is 2.16. The maximum Gasteiger partial charge on any atom is 0.238 e. The summed E-state index contributed by atoms with van der Waals surface area (Å²) in [4.78, 5) is 14.3. The van der Waals surface area contributed by atoms with E-state index in [1.807, 2.05) is 19.1 Å². The van der Waals surface area contributed by atoms with Gasteiger partial charge in [-0.2, -0.15) is 0 Å². The molecule has 1 amide bonds. The van der Waals surface area contributed by atoms with Crippen LogP contribution in [0.25, 0.3) is 0 Å². The number of ether oxygens (including phenoxy) is 1. The van der Waals surface area contributed by atoms with E-state index in [2.05, 4.69) is 24.1 Å². The lowest BCUT2D eigenvalue weighted by molar-refractivity contribution is -0.118. The number of methoxy groups -OCH3 is 1. The number of nitrogen functional groups attached to an aromatic ring is 1. The Kier molecular flexibility index (Phi) is 7.19. The normalized spacial score (nSPS) is 12.4. The third-order valence-electron chi connectivity index (χ3n) is 3.67. The van der Waals surface area contributed by atoms with Crippen LogP contribution < -0.4 is 11.1 Å². The number of nitrogens with zero attached hydrogens (tertiary/aromatic N) is 1. The fourth-order valence-electron chi connectivity index (χ4n) is 2.12. The lowest BCUT2D eigenvalue weighted by atomic mass is 10.1. The van der Waals surface area contributed by atoms with E-state index in [0.717, 1.165) is 24.2 Å². The molecule has 21 heavy (non-hydrogen) atoms. The molecular formula is C16H27N3O2. The van der Waals surface area contributed by atoms with Crippen molar-refractivity contribution in [1.82, 2.24) is 4.90 Å². The zero-order valence-corrected chi connectivity index (χ0v) is 13.5. The van der Waals surface area contributed by atoms with E-state index in [4.69, 9.17) is 10.5 Å². The fraction of sp³-hybridized carbons (Fsp3) is 0.562. The van der Waals surface area contributed by atoms with Crippen LogP contribution in [0, 0.1) is 6.92 Å². The summed E-state index contributed by atoms with van der Waals surface area (Å²) < 4.78 is 5.11. The minimum atomic E-state index is -0.0146. The van der Waals surface area contributed by atoms with Crippen molar-refractivity contribution in [2.75, 3.05) is 37.9 Å². The Morgan fingerprint density at radius 1 is 1.48 bits per heavy atom. The van der Waals surface area contributed by atoms with Gasteiger partial charge in [0.1, 0.15) is 0 Å². The summed E-state index contributed by atoms with van der Waals surface area (Å²) in [7, 11) is 1.67. The number of amides is 1. The lowest BCUT2D eigenvalue weighted by Gasteiger charge is -2.27. The Labute approximate surface area is 127 Å². The number of nitrogens with one attached hydrogen (secondary N) is 1. The minimum absolute atomic E-state index is 0.0146. The first kappa shape index (κ1) is 17.5. The highest BCUT2D eigenvalue weighted by molar-refractivity contribution is 5.93. The first-order chi connectivity index (χ1) is 9.97. The zero-order valence-electron chi connectivity index (χ0n) is 13.5. The molecule has 0 fully saturated rings. The van der Waals surface area contributed by atoms with Gasteiger partial charge in [0.05, 0.1) is 13.2 Å². The summed E-state index contributed by atoms with van der Waals surface area (Å²) in [6, 6.07) is 5.83. The molecule has 0 saturated carbocycles. The van der Waals surface area contributed by atoms with Crippen LogP contribution in [0.1, 0.15) is 25.8 Å². The Bertz CT molecular complexity index is 463. The third kappa shape index (κ3) is 5.73. The van der Waals surface area contributed by atoms with E-state index in [9.17, 15) is 4.79 Å². The Balaban J connectivity index is 2.64. The smallest absolute Gasteiger partial charge is 0.238 e. The number of nitrogens with two attached hydrogens (primary N) is 1. The molecule has 0 aliphatic carbocycles. The van der Waals surface area contributed by atoms with Gasteiger partial charge in [-0.1, -0.05) is 6.92 Å². The SMILES string of the molecule is CCC(C)N(CCOC)CC(=O)Nc1ccc(N)cc1C. The number of aryl methyl sites for hydroxylation is 1. The molecule has 0 aliphatic rings. The molecule has 5 nitrogen and oxygen atoms in total. The van der Waals surface area contributed by atoms with E-state index in [1.54, 1.807) is 13.2 Å². The molecule has 0 heterocycles. The second kappa shape index (κ2) is 8.64. The van der Waals surface area contributed by atoms with Crippen molar-refractivity contribution in [3.63, 3.8) is 0 Å². The topological polar surface area (TPSA) is 67.6 Å². The Morgan fingerprint density at radius 3 is 2.76 bits per heavy atom. The molecule has 0 aliphatic heterocycles. The average Bonchev–Trinajstić information content (AvgIpc) is 2.45. The van der Waals surface area contributed by atoms with E-state index in [0.29, 0.717) is 24.9 Å². The molecule has 0 aromatic heterocycles. The second-order valence-corrected chi connectivity index (χ2v) is 5.34. The molecule has 1 rings (SSSR count). The van der Waals surface area contributed by atoms with Crippen LogP contribution in [0.15, 0.2) is 18.2 Å². The van der Waals surface area contributed by atoms with Gasteiger partial charge >= 0.3 is 0 Å². The summed E-state index contributed by atoms with van der Waals surface area (Å²) in [5.41, 5.74) is 8.20. The number of carbonyl (C=O) groups is 1. The summed E-state index contributed by atoms with van der Waals surface area (Å²) in [6.07, 6.45) is 0.998. The van der Waals surface area contributed by atoms with Crippen LogP contribution >= 0.6 is 0 Å². The van der Waals surface area contributed by atoms with Gasteiger partial charge in [0.25, 0.3) is 0 Å². The molecule has 0 saturated heterocycles. The molecule has 118 valence electrons. The van der Waals surface area contributed by atoms with Crippen molar-refractivity contribution in [1.29, 1.82) is 0 Å². The van der Waals surface area contributed by atoms with Crippen LogP contribution in [0.5, 0.6) is 0 Å². The van der Waals surface area contributed by atoms with Gasteiger partial charge in [-0.3, -0.25) is 9.69 Å². The molecule has 3 N–H and O–H groups in total. The molecule has 1 atom stereocenters. The molecule has 0 spiro atoms. The van der Waals surface area contributed by atoms with Crippen LogP contribution in [0.2, 0.25) is 0 Å². The number of hydrogen-bond acceptors (Lipinski definition) is 4. The molecule has 1 aromatic rings. The van der Waals surface area contributed by atoms with Crippen LogP contribution in [0.3, 0.4) is 0 Å². The fourth-order valence-corrected chi connectivity index (χ4v) is 2.12. The first-order valence-corrected chi connectivity index (χ1v) is 7.36. The monoisotopic (exact) mass is 293 g/mol. The quantitative estimate of drug-likeness (QED) is 0.722. The summed E-state index contributed by atoms with van der Waals surface area (Å²) in [5, 5.41) is 2.95. The van der Waals surface area contributed by atoms with Crippen molar-refractivity contribution < 1.29 is 9.53 Å². The summed E-state index contributed by atoms with van der Waals surface area (Å²) in [6.45, 7) is 7.91. The van der Waals surface area contributed by atoms with Crippen molar-refractivity contribution in [3.05, 3.63) is 23.8 Å². The number of carbonyl (C=O) groups excluding carboxylic acids is 1. The Hall–Kier alpha value is -1.59. The molecule has 1 unspecified atom stereocenters. The van der Waals surface area contributed by atoms with Gasteiger partial charge in [-0.15, -0.1) is 0 Å². The minimum Gasteiger partial charge on any atom is -0.399 e. The van der Waals surface area contributed by atoms with E-state index < -0.39 is 0 Å². The van der Waals surface area contributed by atoms with Crippen molar-refractivity contribution in [3.8, 4) is 0 Å². The summed E-state index contributed by atoms with van der Waals surface area (Å²) in [5.74, 6) is -0.0146. The number of benzene rings is 1. The average molecular weight is 293 g/mol. The number of hydrogen-bond donors (Lipinski definition) is 2. The highest BCUT2D eigenvalue weighted by Crippen LogP contribution is 2.17. The largest absolute Gasteiger partial charge is 0.399 e. The molecule has 5 heteroatoms. The molecule has 1 aromatic carbocycles. The van der Waals surface area contributed by atoms with E-state index >= 15 is 0 Å². The van der Waals surface area contributed by atoms with Gasteiger partial charge in [0, 0.05) is 31.1 Å². The first-order valence-electron chi connectivity index (χ1n) is 7.36. The number of rotatable bonds is 8. The lowest BCUT2D eigenvalue weighted by Crippen LogP contribution is -2.41. The predicted molar refractivity (Wildman–Crippen MR) is 87.4 cm³/mol. The van der Waals surface area contributed by atoms with Crippen LogP contribution in [-0.4, -0.2) is 43.7 Å². The van der Waals surface area contributed by atoms with Crippen molar-refractivity contribution in [2.24, 2.45) is 0 Å². The zero-order chi connectivity index (χ0) is 15.8. The summed E-state index contributed by atoms with van der Waals surface area (Å²) >= 11 is 0. The maximum absolute atomic E-state index is 12.2. The molecule has 0 radical (unpaired) electrons. The van der Waals surface area contributed by atoms with Gasteiger partial charge in [0.15, 0.2) is 0 Å². The highest BCUT2D eigenvalue weighted by atomic mass is 16.5. The molecule has 0 bridgehead atoms. The third-order valence-corrected chi connectivity index (χ3v) is 3.67. The standard InChI is InChI=1S/C16H27N3O2/c1-5-13(3)19(8-9-21-4)11-16(20)18-15-7-6-14(17)10-12(15)2/h6-7,10,13H,5,8-9,11,17H2,1-4H3,(H,18,20). The van der Waals surface area contributed by atoms with E-state index in [-0.39, 0.29) is 5.91 Å². The maximum atomic E-state index is 12.2. The van der Waals surface area contributed by atoms with Gasteiger partial charge in [0.2, 0.25) is 5.91 Å². The van der Waals surface area contributed by atoms with Gasteiger partial charge < -0.3 is 15.8 Å². The predicted octanol–water partition coefficient (Wildman–Crippen LogP) is 2.26. The van der Waals surface area contributed by atoms with Crippen LogP contribution in [-0.2, 0) is 9.53 Å².